The highest BCUT2D eigenvalue weighted by atomic mass is 14.8. The van der Waals surface area contributed by atoms with Crippen molar-refractivity contribution in [3.63, 3.8) is 0 Å². The first-order chi connectivity index (χ1) is 17.5. The molecule has 198 valence electrons. The minimum absolute atomic E-state index is 0.115. The number of allylic oxidation sites excluding steroid dienone is 2. The Kier molecular flexibility index (Phi) is 5.10. The molecule has 0 radical (unpaired) electrons. The Morgan fingerprint density at radius 1 is 0.865 bits per heavy atom. The van der Waals surface area contributed by atoms with Gasteiger partial charge in [0.1, 0.15) is 0 Å². The standard InChI is InChI=1S/C36H49N/c1-22-12-13-24-16-18-35(6)27(31(24)23(22)2)14-15-30-34(5)21-26-20-25-10-8-9-11-28(25)37-32(26)33(3,4)29(34)17-19-36(30,35)7/h8-11,14,20,22-24,29-31H,12-13,15-19,21H2,1-7H3/t22-,23+,24+,29+,30-,31-,34+,35-,36-/m1/s1. The van der Waals surface area contributed by atoms with Gasteiger partial charge in [-0.15, -0.1) is 0 Å². The van der Waals surface area contributed by atoms with Crippen molar-refractivity contribution in [3.05, 3.63) is 53.2 Å². The smallest absolute Gasteiger partial charge is 0.0705 e. The maximum absolute atomic E-state index is 5.34. The lowest BCUT2D eigenvalue weighted by atomic mass is 9.34. The molecule has 9 atom stereocenters. The van der Waals surface area contributed by atoms with Crippen LogP contribution >= 0.6 is 0 Å². The summed E-state index contributed by atoms with van der Waals surface area (Å²) in [5.41, 5.74) is 7.19. The van der Waals surface area contributed by atoms with Crippen molar-refractivity contribution in [2.45, 2.75) is 105 Å². The van der Waals surface area contributed by atoms with Gasteiger partial charge in [-0.2, -0.15) is 0 Å². The molecule has 0 saturated heterocycles. The predicted molar refractivity (Wildman–Crippen MR) is 155 cm³/mol. The fraction of sp³-hybridized carbons (Fsp3) is 0.694. The fourth-order valence-electron chi connectivity index (χ4n) is 11.7. The molecular weight excluding hydrogens is 446 g/mol. The van der Waals surface area contributed by atoms with Crippen LogP contribution in [0.25, 0.3) is 10.9 Å². The molecule has 1 heterocycles. The second kappa shape index (κ2) is 7.73. The van der Waals surface area contributed by atoms with E-state index in [1.165, 1.54) is 73.5 Å². The van der Waals surface area contributed by atoms with Gasteiger partial charge in [-0.25, -0.2) is 0 Å². The zero-order valence-electron chi connectivity index (χ0n) is 24.5. The number of rotatable bonds is 0. The summed E-state index contributed by atoms with van der Waals surface area (Å²) in [4.78, 5) is 5.34. The molecule has 1 aromatic carbocycles. The summed E-state index contributed by atoms with van der Waals surface area (Å²) in [6.45, 7) is 18.4. The minimum Gasteiger partial charge on any atom is -0.252 e. The average Bonchev–Trinajstić information content (AvgIpc) is 2.85. The lowest BCUT2D eigenvalue weighted by Gasteiger charge is -2.70. The first-order valence-electron chi connectivity index (χ1n) is 15.6. The summed E-state index contributed by atoms with van der Waals surface area (Å²) in [5, 5.41) is 1.31. The average molecular weight is 496 g/mol. The highest BCUT2D eigenvalue weighted by Crippen LogP contribution is 2.74. The lowest BCUT2D eigenvalue weighted by molar-refractivity contribution is -0.153. The Hall–Kier alpha value is -1.63. The Bertz CT molecular complexity index is 1280. The third-order valence-electron chi connectivity index (χ3n) is 14.0. The van der Waals surface area contributed by atoms with Crippen molar-refractivity contribution < 1.29 is 0 Å². The first kappa shape index (κ1) is 24.4. The molecule has 0 spiro atoms. The monoisotopic (exact) mass is 495 g/mol. The van der Waals surface area contributed by atoms with Gasteiger partial charge in [-0.05, 0) is 114 Å². The summed E-state index contributed by atoms with van der Waals surface area (Å²) in [6, 6.07) is 11.3. The Labute approximate surface area is 225 Å². The van der Waals surface area contributed by atoms with Gasteiger partial charge in [0, 0.05) is 10.8 Å². The number of hydrogen-bond donors (Lipinski definition) is 0. The van der Waals surface area contributed by atoms with Gasteiger partial charge in [0.15, 0.2) is 0 Å². The quantitative estimate of drug-likeness (QED) is 0.332. The van der Waals surface area contributed by atoms with Crippen LogP contribution in [0.5, 0.6) is 0 Å². The minimum atomic E-state index is 0.115. The Morgan fingerprint density at radius 3 is 2.46 bits per heavy atom. The SMILES string of the molecule is C[C@@H]1[C@H]2C3=CC[C@@H]4[C@@]5(C)Cc6cc7ccccc7nc6C(C)(C)[C@@H]5CC[C@@]4(C)[C@]3(C)CC[C@@H]2CC[C@H]1C. The van der Waals surface area contributed by atoms with Gasteiger partial charge in [0.05, 0.1) is 11.2 Å². The van der Waals surface area contributed by atoms with E-state index in [0.717, 1.165) is 29.6 Å². The molecule has 0 amide bonds. The number of aromatic nitrogens is 1. The van der Waals surface area contributed by atoms with Crippen molar-refractivity contribution in [2.75, 3.05) is 0 Å². The number of para-hydroxylation sites is 1. The molecule has 5 aliphatic carbocycles. The van der Waals surface area contributed by atoms with Gasteiger partial charge in [0.2, 0.25) is 0 Å². The maximum atomic E-state index is 5.34. The third kappa shape index (κ3) is 3.01. The van der Waals surface area contributed by atoms with Crippen LogP contribution in [-0.4, -0.2) is 4.98 Å². The summed E-state index contributed by atoms with van der Waals surface area (Å²) >= 11 is 0. The zero-order valence-corrected chi connectivity index (χ0v) is 24.5. The lowest BCUT2D eigenvalue weighted by Crippen LogP contribution is -2.63. The molecule has 5 aliphatic rings. The molecule has 7 rings (SSSR count). The predicted octanol–water partition coefficient (Wildman–Crippen LogP) is 9.54. The van der Waals surface area contributed by atoms with Gasteiger partial charge < -0.3 is 0 Å². The van der Waals surface area contributed by atoms with Crippen molar-refractivity contribution in [2.24, 2.45) is 51.8 Å². The molecule has 3 fully saturated rings. The van der Waals surface area contributed by atoms with Gasteiger partial charge >= 0.3 is 0 Å². The van der Waals surface area contributed by atoms with Gasteiger partial charge in [0.25, 0.3) is 0 Å². The number of nitrogens with zero attached hydrogens (tertiary/aromatic N) is 1. The van der Waals surface area contributed by atoms with Crippen molar-refractivity contribution in [3.8, 4) is 0 Å². The van der Waals surface area contributed by atoms with E-state index < -0.39 is 0 Å². The van der Waals surface area contributed by atoms with E-state index in [1.807, 2.05) is 5.57 Å². The van der Waals surface area contributed by atoms with Crippen LogP contribution in [-0.2, 0) is 11.8 Å². The van der Waals surface area contributed by atoms with E-state index in [1.54, 1.807) is 0 Å². The molecule has 2 aromatic rings. The number of hydrogen-bond acceptors (Lipinski definition) is 1. The van der Waals surface area contributed by atoms with Crippen LogP contribution in [0, 0.1) is 51.8 Å². The Balaban J connectivity index is 1.34. The molecule has 1 nitrogen and oxygen atoms in total. The molecule has 3 saturated carbocycles. The van der Waals surface area contributed by atoms with Gasteiger partial charge in [-0.3, -0.25) is 4.98 Å². The second-order valence-corrected chi connectivity index (χ2v) is 15.6. The number of benzene rings is 1. The molecule has 0 aliphatic heterocycles. The molecule has 1 heteroatoms. The summed E-state index contributed by atoms with van der Waals surface area (Å²) in [7, 11) is 0. The van der Waals surface area contributed by atoms with E-state index in [0.29, 0.717) is 22.2 Å². The summed E-state index contributed by atoms with van der Waals surface area (Å²) in [6.07, 6.45) is 13.9. The third-order valence-corrected chi connectivity index (χ3v) is 14.0. The van der Waals surface area contributed by atoms with E-state index in [-0.39, 0.29) is 5.41 Å². The van der Waals surface area contributed by atoms with Crippen LogP contribution in [0.1, 0.15) is 105 Å². The van der Waals surface area contributed by atoms with E-state index in [2.05, 4.69) is 84.9 Å². The maximum Gasteiger partial charge on any atom is 0.0705 e. The summed E-state index contributed by atoms with van der Waals surface area (Å²) in [5.74, 6) is 4.95. The van der Waals surface area contributed by atoms with E-state index >= 15 is 0 Å². The van der Waals surface area contributed by atoms with Crippen LogP contribution in [0.3, 0.4) is 0 Å². The molecule has 37 heavy (non-hydrogen) atoms. The highest BCUT2D eigenvalue weighted by molar-refractivity contribution is 5.80. The first-order valence-corrected chi connectivity index (χ1v) is 15.6. The van der Waals surface area contributed by atoms with Crippen molar-refractivity contribution in [1.82, 2.24) is 4.98 Å². The van der Waals surface area contributed by atoms with Gasteiger partial charge in [-0.1, -0.05) is 84.7 Å². The zero-order chi connectivity index (χ0) is 26.0. The van der Waals surface area contributed by atoms with Crippen LogP contribution in [0.2, 0.25) is 0 Å². The topological polar surface area (TPSA) is 12.9 Å². The van der Waals surface area contributed by atoms with Crippen LogP contribution in [0.4, 0.5) is 0 Å². The molecule has 0 N–H and O–H groups in total. The van der Waals surface area contributed by atoms with E-state index in [9.17, 15) is 0 Å². The summed E-state index contributed by atoms with van der Waals surface area (Å²) < 4.78 is 0. The van der Waals surface area contributed by atoms with Crippen LogP contribution < -0.4 is 0 Å². The largest absolute Gasteiger partial charge is 0.252 e. The number of pyridine rings is 1. The van der Waals surface area contributed by atoms with Crippen molar-refractivity contribution >= 4 is 10.9 Å². The molecule has 0 unspecified atom stereocenters. The van der Waals surface area contributed by atoms with E-state index in [4.69, 9.17) is 4.98 Å². The molecule has 0 bridgehead atoms. The molecule has 1 aromatic heterocycles. The highest BCUT2D eigenvalue weighted by Gasteiger charge is 2.66. The molecular formula is C36H49N. The van der Waals surface area contributed by atoms with Crippen LogP contribution in [0.15, 0.2) is 42.0 Å². The number of fused-ring (bicyclic) bond motifs is 9. The van der Waals surface area contributed by atoms with Crippen molar-refractivity contribution in [1.29, 1.82) is 0 Å². The normalized spacial score (nSPS) is 46.1. The second-order valence-electron chi connectivity index (χ2n) is 15.6. The Morgan fingerprint density at radius 2 is 1.65 bits per heavy atom. The fourth-order valence-corrected chi connectivity index (χ4v) is 11.7.